The number of pyridine rings is 1. The maximum atomic E-state index is 13.4. The molecular weight excluding hydrogens is 446 g/mol. The van der Waals surface area contributed by atoms with Crippen LogP contribution in [-0.4, -0.2) is 34.6 Å². The van der Waals surface area contributed by atoms with Gasteiger partial charge in [-0.05, 0) is 52.0 Å². The van der Waals surface area contributed by atoms with Gasteiger partial charge in [-0.1, -0.05) is 28.9 Å². The molecule has 0 aliphatic rings. The third kappa shape index (κ3) is 4.66. The van der Waals surface area contributed by atoms with Crippen molar-refractivity contribution < 1.29 is 18.8 Å². The van der Waals surface area contributed by atoms with Gasteiger partial charge in [0, 0.05) is 11.5 Å². The second kappa shape index (κ2) is 8.78. The lowest BCUT2D eigenvalue weighted by Gasteiger charge is -2.19. The van der Waals surface area contributed by atoms with E-state index in [1.807, 2.05) is 12.1 Å². The van der Waals surface area contributed by atoms with Crippen LogP contribution in [0.2, 0.25) is 5.02 Å². The summed E-state index contributed by atoms with van der Waals surface area (Å²) in [6.07, 6.45) is -0.507. The second-order valence-electron chi connectivity index (χ2n) is 8.51. The number of ether oxygens (including phenoxy) is 2. The number of fused-ring (bicyclic) bond motifs is 3. The Hall–Kier alpha value is -3.52. The van der Waals surface area contributed by atoms with E-state index in [2.05, 4.69) is 10.5 Å². The van der Waals surface area contributed by atoms with Gasteiger partial charge in [-0.25, -0.2) is 4.79 Å². The monoisotopic (exact) mass is 469 g/mol. The average Bonchev–Trinajstić information content (AvgIpc) is 3.12. The largest absolute Gasteiger partial charge is 0.492 e. The van der Waals surface area contributed by atoms with Gasteiger partial charge in [0.1, 0.15) is 34.6 Å². The van der Waals surface area contributed by atoms with Crippen molar-refractivity contribution in [3.05, 3.63) is 63.6 Å². The van der Waals surface area contributed by atoms with E-state index in [4.69, 9.17) is 25.6 Å². The van der Waals surface area contributed by atoms with Gasteiger partial charge in [0.25, 0.3) is 5.56 Å². The van der Waals surface area contributed by atoms with E-state index in [-0.39, 0.29) is 18.7 Å². The van der Waals surface area contributed by atoms with E-state index in [0.717, 1.165) is 0 Å². The number of benzene rings is 2. The highest BCUT2D eigenvalue weighted by atomic mass is 35.5. The van der Waals surface area contributed by atoms with Crippen molar-refractivity contribution in [1.29, 1.82) is 0 Å². The van der Waals surface area contributed by atoms with Gasteiger partial charge in [0.05, 0.1) is 22.8 Å². The molecule has 0 atom stereocenters. The zero-order valence-electron chi connectivity index (χ0n) is 18.8. The van der Waals surface area contributed by atoms with E-state index < -0.39 is 11.7 Å². The van der Waals surface area contributed by atoms with Crippen molar-refractivity contribution in [2.45, 2.75) is 33.3 Å². The van der Waals surface area contributed by atoms with E-state index in [9.17, 15) is 9.59 Å². The highest BCUT2D eigenvalue weighted by molar-refractivity contribution is 6.37. The highest BCUT2D eigenvalue weighted by Gasteiger charge is 2.20. The Kier molecular flexibility index (Phi) is 6.03. The van der Waals surface area contributed by atoms with E-state index in [1.54, 1.807) is 62.6 Å². The van der Waals surface area contributed by atoms with Crippen LogP contribution in [0.25, 0.3) is 27.5 Å². The van der Waals surface area contributed by atoms with Gasteiger partial charge in [-0.3, -0.25) is 9.36 Å². The van der Waals surface area contributed by atoms with Crippen LogP contribution in [0.3, 0.4) is 0 Å². The number of nitrogens with one attached hydrogen (secondary N) is 1. The first kappa shape index (κ1) is 22.7. The molecule has 1 amide bonds. The number of hydrogen-bond donors (Lipinski definition) is 1. The van der Waals surface area contributed by atoms with Crippen LogP contribution in [0.1, 0.15) is 26.5 Å². The van der Waals surface area contributed by atoms with Crippen molar-refractivity contribution in [2.24, 2.45) is 0 Å². The number of aromatic nitrogens is 2. The number of amides is 1. The van der Waals surface area contributed by atoms with Crippen molar-refractivity contribution in [3.63, 3.8) is 0 Å². The number of carbonyl (C=O) groups excluding carboxylic acids is 1. The fourth-order valence-electron chi connectivity index (χ4n) is 3.55. The summed E-state index contributed by atoms with van der Waals surface area (Å²) in [7, 11) is 0. The predicted octanol–water partition coefficient (Wildman–Crippen LogP) is 5.00. The molecule has 0 saturated carbocycles. The summed E-state index contributed by atoms with van der Waals surface area (Å²) < 4.78 is 17.8. The summed E-state index contributed by atoms with van der Waals surface area (Å²) in [5.41, 5.74) is 0.823. The first-order chi connectivity index (χ1) is 15.7. The molecule has 8 nitrogen and oxygen atoms in total. The van der Waals surface area contributed by atoms with Gasteiger partial charge in [-0.15, -0.1) is 0 Å². The van der Waals surface area contributed by atoms with Gasteiger partial charge in [0.15, 0.2) is 0 Å². The third-order valence-corrected chi connectivity index (χ3v) is 5.18. The van der Waals surface area contributed by atoms with E-state index in [0.29, 0.717) is 44.0 Å². The quantitative estimate of drug-likeness (QED) is 0.413. The molecule has 0 aliphatic carbocycles. The summed E-state index contributed by atoms with van der Waals surface area (Å²) in [4.78, 5) is 25.2. The van der Waals surface area contributed by atoms with Gasteiger partial charge in [-0.2, -0.15) is 0 Å². The summed E-state index contributed by atoms with van der Waals surface area (Å²) in [5.74, 6) is 0.967. The van der Waals surface area contributed by atoms with Crippen LogP contribution in [0.5, 0.6) is 5.75 Å². The fraction of sp³-hybridized carbons (Fsp3) is 0.292. The number of halogens is 1. The Morgan fingerprint density at radius 2 is 1.94 bits per heavy atom. The Labute approximate surface area is 195 Å². The van der Waals surface area contributed by atoms with Crippen molar-refractivity contribution in [2.75, 3.05) is 13.2 Å². The normalized spacial score (nSPS) is 11.7. The minimum atomic E-state index is -0.567. The summed E-state index contributed by atoms with van der Waals surface area (Å²) in [5, 5.41) is 8.20. The molecule has 0 saturated heterocycles. The number of aryl methyl sites for hydroxylation is 1. The number of nitrogens with zero attached hydrogens (tertiary/aromatic N) is 2. The van der Waals surface area contributed by atoms with Crippen molar-refractivity contribution in [1.82, 2.24) is 15.0 Å². The molecule has 172 valence electrons. The minimum absolute atomic E-state index is 0.230. The standard InChI is InChI=1S/C24H24ClN3O5/c1-14-19-21(27-33-14)20-17(25)9-6-10-18(20)28(22(19)29)15-7-5-8-16(13-15)31-12-11-26-23(30)32-24(2,3)4/h5-10,13H,11-12H2,1-4H3,(H,26,30). The molecule has 4 rings (SSSR count). The SMILES string of the molecule is Cc1onc2c1c(=O)n(-c1cccc(OCCNC(=O)OC(C)(C)C)c1)c1cccc(Cl)c21. The Balaban J connectivity index is 1.64. The van der Waals surface area contributed by atoms with Crippen molar-refractivity contribution in [3.8, 4) is 11.4 Å². The third-order valence-electron chi connectivity index (χ3n) is 4.86. The summed E-state index contributed by atoms with van der Waals surface area (Å²) in [6.45, 7) is 7.59. The van der Waals surface area contributed by atoms with Gasteiger partial charge in [0.2, 0.25) is 0 Å². The van der Waals surface area contributed by atoms with Gasteiger partial charge >= 0.3 is 6.09 Å². The Morgan fingerprint density at radius 3 is 2.70 bits per heavy atom. The number of carbonyl (C=O) groups is 1. The predicted molar refractivity (Wildman–Crippen MR) is 127 cm³/mol. The summed E-state index contributed by atoms with van der Waals surface area (Å²) >= 11 is 6.47. The maximum Gasteiger partial charge on any atom is 0.407 e. The molecule has 2 aromatic heterocycles. The molecule has 2 aromatic carbocycles. The van der Waals surface area contributed by atoms with Crippen LogP contribution in [0, 0.1) is 6.92 Å². The topological polar surface area (TPSA) is 95.6 Å². The highest BCUT2D eigenvalue weighted by Crippen LogP contribution is 2.31. The molecule has 0 aliphatic heterocycles. The Bertz CT molecular complexity index is 1400. The lowest BCUT2D eigenvalue weighted by atomic mass is 10.1. The molecule has 1 N–H and O–H groups in total. The Morgan fingerprint density at radius 1 is 1.18 bits per heavy atom. The molecule has 0 spiro atoms. The second-order valence-corrected chi connectivity index (χ2v) is 8.92. The molecule has 33 heavy (non-hydrogen) atoms. The number of alkyl carbamates (subject to hydrolysis) is 1. The first-order valence-corrected chi connectivity index (χ1v) is 10.8. The van der Waals surface area contributed by atoms with E-state index in [1.165, 1.54) is 0 Å². The molecule has 2 heterocycles. The minimum Gasteiger partial charge on any atom is -0.492 e. The lowest BCUT2D eigenvalue weighted by molar-refractivity contribution is 0.0520. The molecule has 0 radical (unpaired) electrons. The lowest BCUT2D eigenvalue weighted by Crippen LogP contribution is -2.34. The van der Waals surface area contributed by atoms with Crippen molar-refractivity contribution >= 4 is 39.5 Å². The van der Waals surface area contributed by atoms with Crippen LogP contribution >= 0.6 is 11.6 Å². The summed E-state index contributed by atoms with van der Waals surface area (Å²) in [6, 6.07) is 12.5. The molecule has 0 unspecified atom stereocenters. The molecule has 0 fully saturated rings. The van der Waals surface area contributed by atoms with E-state index >= 15 is 0 Å². The average molecular weight is 470 g/mol. The molecular formula is C24H24ClN3O5. The van der Waals surface area contributed by atoms with Crippen LogP contribution in [0.4, 0.5) is 4.79 Å². The molecule has 9 heteroatoms. The van der Waals surface area contributed by atoms with Crippen LogP contribution in [0.15, 0.2) is 51.8 Å². The smallest absolute Gasteiger partial charge is 0.407 e. The zero-order chi connectivity index (χ0) is 23.8. The fourth-order valence-corrected chi connectivity index (χ4v) is 3.81. The first-order valence-electron chi connectivity index (χ1n) is 10.4. The molecule has 0 bridgehead atoms. The molecule has 4 aromatic rings. The zero-order valence-corrected chi connectivity index (χ0v) is 19.5. The van der Waals surface area contributed by atoms with Gasteiger partial charge < -0.3 is 19.3 Å². The number of rotatable bonds is 5. The maximum absolute atomic E-state index is 13.4. The van der Waals surface area contributed by atoms with Crippen LogP contribution in [-0.2, 0) is 4.74 Å². The van der Waals surface area contributed by atoms with Crippen LogP contribution < -0.4 is 15.6 Å². The number of hydrogen-bond acceptors (Lipinski definition) is 6.